The number of nitrogens with one attached hydrogen (secondary N) is 1. The fraction of sp³-hybridized carbons (Fsp3) is 0.467. The van der Waals surface area contributed by atoms with Gasteiger partial charge in [-0.3, -0.25) is 9.59 Å². The summed E-state index contributed by atoms with van der Waals surface area (Å²) in [7, 11) is -1.56. The van der Waals surface area contributed by atoms with E-state index in [0.29, 0.717) is 25.1 Å². The molecule has 23 heavy (non-hydrogen) atoms. The summed E-state index contributed by atoms with van der Waals surface area (Å²) in [5, 5.41) is 21.3. The van der Waals surface area contributed by atoms with Crippen molar-refractivity contribution in [1.82, 2.24) is 10.2 Å². The molecule has 1 aliphatic heterocycles. The van der Waals surface area contributed by atoms with Gasteiger partial charge in [-0.2, -0.15) is 0 Å². The second-order valence-electron chi connectivity index (χ2n) is 5.75. The summed E-state index contributed by atoms with van der Waals surface area (Å²) in [6, 6.07) is 6.10. The highest BCUT2D eigenvalue weighted by molar-refractivity contribution is 6.43. The molecule has 0 bridgehead atoms. The van der Waals surface area contributed by atoms with Crippen molar-refractivity contribution in [3.8, 4) is 0 Å². The Balaban J connectivity index is 1.98. The lowest BCUT2D eigenvalue weighted by atomic mass is 9.78. The molecule has 1 fully saturated rings. The predicted molar refractivity (Wildman–Crippen MR) is 86.2 cm³/mol. The van der Waals surface area contributed by atoms with E-state index >= 15 is 0 Å². The average Bonchev–Trinajstić information content (AvgIpc) is 3.03. The molecule has 1 aliphatic rings. The van der Waals surface area contributed by atoms with Crippen LogP contribution in [0.2, 0.25) is 0 Å². The van der Waals surface area contributed by atoms with Crippen LogP contribution in [0.3, 0.4) is 0 Å². The van der Waals surface area contributed by atoms with Crippen LogP contribution in [0.15, 0.2) is 24.3 Å². The van der Waals surface area contributed by atoms with E-state index in [0.717, 1.165) is 12.0 Å². The standard InChI is InChI=1S/C15H22BN3O4/c1-10(15(21)19-8-2-3-13(19)16(22)23)18-14(20)12-6-4-11(9-17)5-7-12/h4-7,10,13,22-23H,2-3,8-9,17H2,1H3,(H,18,20)/t10-,13+/m1/s1. The Morgan fingerprint density at radius 2 is 2.04 bits per heavy atom. The second-order valence-corrected chi connectivity index (χ2v) is 5.75. The lowest BCUT2D eigenvalue weighted by Crippen LogP contribution is -2.52. The fourth-order valence-corrected chi connectivity index (χ4v) is 2.76. The maximum absolute atomic E-state index is 12.4. The lowest BCUT2D eigenvalue weighted by Gasteiger charge is -2.27. The van der Waals surface area contributed by atoms with E-state index in [2.05, 4.69) is 5.32 Å². The number of nitrogens with zero attached hydrogens (tertiary/aromatic N) is 1. The maximum atomic E-state index is 12.4. The van der Waals surface area contributed by atoms with E-state index < -0.39 is 19.1 Å². The van der Waals surface area contributed by atoms with Gasteiger partial charge >= 0.3 is 7.12 Å². The smallest absolute Gasteiger partial charge is 0.426 e. The quantitative estimate of drug-likeness (QED) is 0.534. The molecule has 2 amide bonds. The third-order valence-corrected chi connectivity index (χ3v) is 4.10. The first-order valence-corrected chi connectivity index (χ1v) is 7.70. The van der Waals surface area contributed by atoms with E-state index in [4.69, 9.17) is 5.73 Å². The number of benzene rings is 1. The molecule has 0 aromatic heterocycles. The number of carbonyl (C=O) groups is 2. The summed E-state index contributed by atoms with van der Waals surface area (Å²) in [5.41, 5.74) is 6.88. The molecule has 1 saturated heterocycles. The molecule has 1 heterocycles. The summed E-state index contributed by atoms with van der Waals surface area (Å²) < 4.78 is 0. The van der Waals surface area contributed by atoms with Crippen molar-refractivity contribution in [3.05, 3.63) is 35.4 Å². The molecule has 124 valence electrons. The van der Waals surface area contributed by atoms with Crippen LogP contribution in [0.25, 0.3) is 0 Å². The van der Waals surface area contributed by atoms with Gasteiger partial charge in [-0.25, -0.2) is 0 Å². The molecule has 0 spiro atoms. The molecule has 7 nitrogen and oxygen atoms in total. The Kier molecular flexibility index (Phi) is 5.76. The number of carbonyl (C=O) groups excluding carboxylic acids is 2. The van der Waals surface area contributed by atoms with Gasteiger partial charge in [0, 0.05) is 18.7 Å². The Morgan fingerprint density at radius 1 is 1.39 bits per heavy atom. The topological polar surface area (TPSA) is 116 Å². The first-order chi connectivity index (χ1) is 10.9. The van der Waals surface area contributed by atoms with Crippen molar-refractivity contribution in [3.63, 3.8) is 0 Å². The molecular weight excluding hydrogens is 297 g/mol. The first kappa shape index (κ1) is 17.5. The average molecular weight is 319 g/mol. The highest BCUT2D eigenvalue weighted by Gasteiger charge is 2.38. The van der Waals surface area contributed by atoms with Crippen LogP contribution >= 0.6 is 0 Å². The minimum atomic E-state index is -1.56. The van der Waals surface area contributed by atoms with Gasteiger partial charge in [-0.05, 0) is 37.5 Å². The molecule has 0 radical (unpaired) electrons. The zero-order valence-electron chi connectivity index (χ0n) is 13.1. The van der Waals surface area contributed by atoms with Crippen LogP contribution in [0.1, 0.15) is 35.7 Å². The number of rotatable bonds is 5. The Morgan fingerprint density at radius 3 is 2.61 bits per heavy atom. The monoisotopic (exact) mass is 319 g/mol. The van der Waals surface area contributed by atoms with Gasteiger partial charge in [0.25, 0.3) is 5.91 Å². The number of nitrogens with two attached hydrogens (primary N) is 1. The normalized spacial score (nSPS) is 18.6. The molecule has 2 rings (SSSR count). The zero-order chi connectivity index (χ0) is 17.0. The van der Waals surface area contributed by atoms with Gasteiger partial charge in [0.15, 0.2) is 0 Å². The zero-order valence-corrected chi connectivity index (χ0v) is 13.1. The van der Waals surface area contributed by atoms with Gasteiger partial charge in [-0.15, -0.1) is 0 Å². The highest BCUT2D eigenvalue weighted by Crippen LogP contribution is 2.19. The summed E-state index contributed by atoms with van der Waals surface area (Å²) in [6.07, 6.45) is 1.26. The molecule has 8 heteroatoms. The van der Waals surface area contributed by atoms with Crippen LogP contribution in [0, 0.1) is 0 Å². The van der Waals surface area contributed by atoms with Gasteiger partial charge in [0.2, 0.25) is 5.91 Å². The van der Waals surface area contributed by atoms with Gasteiger partial charge in [0.05, 0.1) is 5.94 Å². The molecule has 0 aliphatic carbocycles. The molecule has 5 N–H and O–H groups in total. The van der Waals surface area contributed by atoms with Gasteiger partial charge in [-0.1, -0.05) is 12.1 Å². The third kappa shape index (κ3) is 4.10. The van der Waals surface area contributed by atoms with Crippen LogP contribution in [0.5, 0.6) is 0 Å². The van der Waals surface area contributed by atoms with E-state index in [-0.39, 0.29) is 11.8 Å². The number of likely N-dealkylation sites (tertiary alicyclic amines) is 1. The Bertz CT molecular complexity index is 564. The Hall–Kier alpha value is -1.90. The van der Waals surface area contributed by atoms with Crippen molar-refractivity contribution < 1.29 is 19.6 Å². The first-order valence-electron chi connectivity index (χ1n) is 7.70. The lowest BCUT2D eigenvalue weighted by molar-refractivity contribution is -0.132. The molecular formula is C15H22BN3O4. The maximum Gasteiger partial charge on any atom is 0.475 e. The van der Waals surface area contributed by atoms with Crippen molar-refractivity contribution in [1.29, 1.82) is 0 Å². The minimum Gasteiger partial charge on any atom is -0.426 e. The molecule has 2 atom stereocenters. The predicted octanol–water partition coefficient (Wildman–Crippen LogP) is -0.733. The summed E-state index contributed by atoms with van der Waals surface area (Å²) in [5.74, 6) is -1.27. The summed E-state index contributed by atoms with van der Waals surface area (Å²) in [6.45, 7) is 2.46. The van der Waals surface area contributed by atoms with Gasteiger partial charge < -0.3 is 26.0 Å². The van der Waals surface area contributed by atoms with Crippen LogP contribution in [-0.4, -0.2) is 52.4 Å². The van der Waals surface area contributed by atoms with Crippen LogP contribution < -0.4 is 11.1 Å². The number of hydrogen-bond acceptors (Lipinski definition) is 5. The molecule has 0 unspecified atom stereocenters. The van der Waals surface area contributed by atoms with Crippen molar-refractivity contribution in [2.45, 2.75) is 38.3 Å². The summed E-state index contributed by atoms with van der Waals surface area (Å²) >= 11 is 0. The molecule has 0 saturated carbocycles. The SMILES string of the molecule is C[C@@H](NC(=O)c1ccc(CN)cc1)C(=O)N1CCC[C@H]1B(O)O. The van der Waals surface area contributed by atoms with Crippen LogP contribution in [0.4, 0.5) is 0 Å². The second kappa shape index (κ2) is 7.58. The molecule has 1 aromatic rings. The number of hydrogen-bond donors (Lipinski definition) is 4. The van der Waals surface area contributed by atoms with E-state index in [1.807, 2.05) is 0 Å². The van der Waals surface area contributed by atoms with E-state index in [1.54, 1.807) is 31.2 Å². The van der Waals surface area contributed by atoms with Crippen LogP contribution in [-0.2, 0) is 11.3 Å². The fourth-order valence-electron chi connectivity index (χ4n) is 2.76. The van der Waals surface area contributed by atoms with Crippen molar-refractivity contribution in [2.75, 3.05) is 6.54 Å². The van der Waals surface area contributed by atoms with Crippen molar-refractivity contribution in [2.24, 2.45) is 5.73 Å². The third-order valence-electron chi connectivity index (χ3n) is 4.10. The number of amides is 2. The van der Waals surface area contributed by atoms with E-state index in [1.165, 1.54) is 4.90 Å². The van der Waals surface area contributed by atoms with Crippen molar-refractivity contribution >= 4 is 18.9 Å². The minimum absolute atomic E-state index is 0.312. The highest BCUT2D eigenvalue weighted by atomic mass is 16.4. The molecule has 1 aromatic carbocycles. The largest absolute Gasteiger partial charge is 0.475 e. The summed E-state index contributed by atoms with van der Waals surface area (Å²) in [4.78, 5) is 26.0. The van der Waals surface area contributed by atoms with E-state index in [9.17, 15) is 19.6 Å². The Labute approximate surface area is 135 Å². The van der Waals surface area contributed by atoms with Gasteiger partial charge in [0.1, 0.15) is 6.04 Å².